The summed E-state index contributed by atoms with van der Waals surface area (Å²) in [6.07, 6.45) is 5.08. The van der Waals surface area contributed by atoms with Crippen LogP contribution in [-0.2, 0) is 196 Å². The molecule has 0 aromatic carbocycles. The summed E-state index contributed by atoms with van der Waals surface area (Å²) in [6.45, 7) is 7.10. The maximum Gasteiger partial charge on any atom is 0.213 e. The van der Waals surface area contributed by atoms with Crippen LogP contribution in [0.1, 0.15) is 29.3 Å². The number of rotatable bonds is 0. The van der Waals surface area contributed by atoms with Crippen molar-refractivity contribution < 1.29 is 201 Å². The Hall–Kier alpha value is 4.33. The van der Waals surface area contributed by atoms with Gasteiger partial charge in [-0.1, -0.05) is 0 Å². The molecule has 2 aromatic heterocycles. The summed E-state index contributed by atoms with van der Waals surface area (Å²) in [5.41, 5.74) is 0. The fraction of sp³-hybridized carbons (Fsp3) is 0.364. The molecule has 0 bridgehead atoms. The van der Waals surface area contributed by atoms with Gasteiger partial charge in [-0.25, -0.2) is 15.0 Å². The van der Waals surface area contributed by atoms with Crippen LogP contribution < -0.4 is 0 Å². The van der Waals surface area contributed by atoms with Gasteiger partial charge in [0, 0.05) is 210 Å². The van der Waals surface area contributed by atoms with E-state index in [1.54, 1.807) is 27.7 Å². The molecule has 0 N–H and O–H groups in total. The third-order valence-corrected chi connectivity index (χ3v) is 1.62. The summed E-state index contributed by atoms with van der Waals surface area (Å²) in [5.74, 6) is 5.33. The first-order valence-electron chi connectivity index (χ1n) is 4.94. The van der Waals surface area contributed by atoms with Crippen LogP contribution in [0.15, 0.2) is 4.42 Å². The van der Waals surface area contributed by atoms with Gasteiger partial charge in [-0.2, -0.15) is 0 Å². The van der Waals surface area contributed by atoms with E-state index < -0.39 is 0 Å². The molecule has 0 aliphatic heterocycles. The molecule has 23 heavy (non-hydrogen) atoms. The molecule has 106 valence electrons. The molecule has 0 saturated carbocycles. The molecule has 2 heterocycles. The smallest absolute Gasteiger partial charge is 0.213 e. The normalized spacial score (nSPS) is 6.74. The Morgan fingerprint density at radius 3 is 1.26 bits per heavy atom. The molecule has 0 fully saturated rings. The van der Waals surface area contributed by atoms with Crippen LogP contribution in [0.3, 0.4) is 0 Å². The van der Waals surface area contributed by atoms with Gasteiger partial charge in [0.15, 0.2) is 0 Å². The SMILES string of the molecule is C#Cc1nc(C)nc(C)n1.Cc1nnc(C)o1.[Y].[Y].[Y].[Y].[Y].[Y]. The van der Waals surface area contributed by atoms with E-state index in [0.717, 1.165) is 0 Å². The molecular formula is C11H13N5OY6. The van der Waals surface area contributed by atoms with Gasteiger partial charge >= 0.3 is 0 Å². The van der Waals surface area contributed by atoms with Gasteiger partial charge in [0.25, 0.3) is 0 Å². The Labute approximate surface area is 288 Å². The maximum absolute atomic E-state index is 5.08. The summed E-state index contributed by atoms with van der Waals surface area (Å²) in [7, 11) is 0. The minimum atomic E-state index is 0. The molecule has 12 heteroatoms. The van der Waals surface area contributed by atoms with E-state index in [4.69, 9.17) is 10.8 Å². The summed E-state index contributed by atoms with van der Waals surface area (Å²) >= 11 is 0. The Morgan fingerprint density at radius 1 is 0.696 bits per heavy atom. The number of aromatic nitrogens is 5. The van der Waals surface area contributed by atoms with E-state index in [1.807, 2.05) is 0 Å². The van der Waals surface area contributed by atoms with Crippen molar-refractivity contribution in [2.45, 2.75) is 27.7 Å². The average molecular weight is 765 g/mol. The fourth-order valence-electron chi connectivity index (χ4n) is 1.08. The van der Waals surface area contributed by atoms with E-state index in [0.29, 0.717) is 29.3 Å². The molecule has 0 aliphatic carbocycles. The number of hydrogen-bond donors (Lipinski definition) is 0. The monoisotopic (exact) mass is 765 g/mol. The predicted octanol–water partition coefficient (Wildman–Crippen LogP) is 1.14. The Bertz CT molecular complexity index is 523. The Balaban J connectivity index is -0.0000000513. The summed E-state index contributed by atoms with van der Waals surface area (Å²) < 4.78 is 4.86. The van der Waals surface area contributed by atoms with Crippen molar-refractivity contribution >= 4 is 0 Å². The van der Waals surface area contributed by atoms with E-state index >= 15 is 0 Å². The van der Waals surface area contributed by atoms with Crippen molar-refractivity contribution in [3.8, 4) is 12.3 Å². The molecule has 0 saturated heterocycles. The van der Waals surface area contributed by atoms with Gasteiger partial charge in [0.1, 0.15) is 11.6 Å². The zero-order valence-electron chi connectivity index (χ0n) is 13.7. The van der Waals surface area contributed by atoms with E-state index in [2.05, 4.69) is 31.1 Å². The van der Waals surface area contributed by atoms with Gasteiger partial charge in [0.2, 0.25) is 17.6 Å². The first kappa shape index (κ1) is 41.6. The fourth-order valence-corrected chi connectivity index (χ4v) is 1.08. The van der Waals surface area contributed by atoms with Crippen LogP contribution in [0.5, 0.6) is 0 Å². The third-order valence-electron chi connectivity index (χ3n) is 1.62. The third kappa shape index (κ3) is 20.9. The van der Waals surface area contributed by atoms with Crippen molar-refractivity contribution in [2.75, 3.05) is 0 Å². The van der Waals surface area contributed by atoms with Crippen LogP contribution in [0, 0.1) is 40.0 Å². The second kappa shape index (κ2) is 24.4. The quantitative estimate of drug-likeness (QED) is 0.375. The average Bonchev–Trinajstić information content (AvgIpc) is 2.62. The van der Waals surface area contributed by atoms with Gasteiger partial charge in [-0.05, 0) is 19.8 Å². The molecule has 6 nitrogen and oxygen atoms in total. The molecular weight excluding hydrogens is 752 g/mol. The van der Waals surface area contributed by atoms with Crippen molar-refractivity contribution in [1.82, 2.24) is 25.1 Å². The number of hydrogen-bond acceptors (Lipinski definition) is 6. The Morgan fingerprint density at radius 2 is 1.04 bits per heavy atom. The predicted molar refractivity (Wildman–Crippen MR) is 61.0 cm³/mol. The molecule has 0 unspecified atom stereocenters. The zero-order chi connectivity index (χ0) is 12.8. The zero-order valence-corrected chi connectivity index (χ0v) is 30.7. The number of terminal acetylenes is 1. The van der Waals surface area contributed by atoms with E-state index in [-0.39, 0.29) is 196 Å². The van der Waals surface area contributed by atoms with Crippen LogP contribution >= 0.6 is 0 Å². The molecule has 0 atom stereocenters. The first-order chi connectivity index (χ1) is 8.01. The van der Waals surface area contributed by atoms with Crippen molar-refractivity contribution in [1.29, 1.82) is 0 Å². The van der Waals surface area contributed by atoms with E-state index in [1.165, 1.54) is 0 Å². The van der Waals surface area contributed by atoms with Gasteiger partial charge in [-0.15, -0.1) is 16.6 Å². The van der Waals surface area contributed by atoms with Crippen LogP contribution in [-0.4, -0.2) is 25.1 Å². The van der Waals surface area contributed by atoms with Gasteiger partial charge in [-0.3, -0.25) is 0 Å². The minimum absolute atomic E-state index is 0. The summed E-state index contributed by atoms with van der Waals surface area (Å²) in [5, 5.41) is 7.20. The maximum atomic E-state index is 5.08. The summed E-state index contributed by atoms with van der Waals surface area (Å²) in [4.78, 5) is 11.8. The molecule has 2 rings (SSSR count). The number of aryl methyl sites for hydroxylation is 4. The molecule has 2 aromatic rings. The molecule has 0 spiro atoms. The molecule has 6 radical (unpaired) electrons. The Kier molecular flexibility index (Phi) is 44.1. The second-order valence-corrected chi connectivity index (χ2v) is 3.24. The van der Waals surface area contributed by atoms with Crippen LogP contribution in [0.2, 0.25) is 0 Å². The summed E-state index contributed by atoms with van der Waals surface area (Å²) in [6, 6.07) is 0. The standard InChI is InChI=1S/C7H7N3.C4H6N2O.6Y/c1-4-7-9-5(2)8-6(3)10-7;1-3-5-6-4(2)7-3;;;;;;/h1H,2-3H3;1-2H3;;;;;;. The van der Waals surface area contributed by atoms with Crippen molar-refractivity contribution in [3.05, 3.63) is 29.3 Å². The van der Waals surface area contributed by atoms with E-state index in [9.17, 15) is 0 Å². The van der Waals surface area contributed by atoms with Crippen LogP contribution in [0.4, 0.5) is 0 Å². The van der Waals surface area contributed by atoms with Crippen molar-refractivity contribution in [2.24, 2.45) is 0 Å². The first-order valence-corrected chi connectivity index (χ1v) is 4.94. The second-order valence-electron chi connectivity index (χ2n) is 3.24. The van der Waals surface area contributed by atoms with Crippen LogP contribution in [0.25, 0.3) is 0 Å². The number of nitrogens with zero attached hydrogens (tertiary/aromatic N) is 5. The molecule has 0 aliphatic rings. The van der Waals surface area contributed by atoms with Gasteiger partial charge < -0.3 is 4.42 Å². The van der Waals surface area contributed by atoms with Crippen molar-refractivity contribution in [3.63, 3.8) is 0 Å². The minimum Gasteiger partial charge on any atom is -0.426 e. The topological polar surface area (TPSA) is 77.6 Å². The molecule has 0 amide bonds. The largest absolute Gasteiger partial charge is 0.426 e. The van der Waals surface area contributed by atoms with Gasteiger partial charge in [0.05, 0.1) is 0 Å².